The van der Waals surface area contributed by atoms with Gasteiger partial charge in [-0.05, 0) is 13.8 Å². The number of nitro groups is 1. The highest BCUT2D eigenvalue weighted by molar-refractivity contribution is 5.73. The second kappa shape index (κ2) is 4.88. The van der Waals surface area contributed by atoms with Crippen molar-refractivity contribution in [2.75, 3.05) is 0 Å². The average Bonchev–Trinajstić information content (AvgIpc) is 2.21. The summed E-state index contributed by atoms with van der Waals surface area (Å²) in [5.74, 6) is -1.16. The maximum absolute atomic E-state index is 10.8. The minimum absolute atomic E-state index is 0.0255. The van der Waals surface area contributed by atoms with Crippen molar-refractivity contribution >= 4 is 11.7 Å². The van der Waals surface area contributed by atoms with Crippen LogP contribution in [0.1, 0.15) is 16.8 Å². The Morgan fingerprint density at radius 2 is 2.24 bits per heavy atom. The van der Waals surface area contributed by atoms with Crippen molar-refractivity contribution in [2.24, 2.45) is 5.73 Å². The lowest BCUT2D eigenvalue weighted by Crippen LogP contribution is -2.32. The van der Waals surface area contributed by atoms with E-state index in [1.165, 1.54) is 6.20 Å². The first-order chi connectivity index (χ1) is 7.84. The smallest absolute Gasteiger partial charge is 0.320 e. The molecule has 17 heavy (non-hydrogen) atoms. The molecule has 0 unspecified atom stereocenters. The molecule has 1 rings (SSSR count). The standard InChI is InChI=1S/C10H13N3O4/c1-5-4-12-8(3-7(11)10(14)15)6(2)9(5)13(16)17/h4,7H,3,11H2,1-2H3,(H,14,15)/t7-/m0/s1. The van der Waals surface area contributed by atoms with Crippen LogP contribution in [-0.4, -0.2) is 27.0 Å². The third kappa shape index (κ3) is 2.76. The number of hydrogen-bond donors (Lipinski definition) is 2. The third-order valence-electron chi connectivity index (χ3n) is 2.49. The summed E-state index contributed by atoms with van der Waals surface area (Å²) in [7, 11) is 0. The summed E-state index contributed by atoms with van der Waals surface area (Å²) in [4.78, 5) is 25.0. The zero-order valence-electron chi connectivity index (χ0n) is 9.51. The van der Waals surface area contributed by atoms with Crippen LogP contribution in [0.2, 0.25) is 0 Å². The van der Waals surface area contributed by atoms with Gasteiger partial charge in [-0.1, -0.05) is 0 Å². The number of carboxylic acids is 1. The maximum Gasteiger partial charge on any atom is 0.320 e. The lowest BCUT2D eigenvalue weighted by atomic mass is 10.0. The summed E-state index contributed by atoms with van der Waals surface area (Å²) in [6.07, 6.45) is 1.33. The molecule has 92 valence electrons. The van der Waals surface area contributed by atoms with E-state index in [9.17, 15) is 14.9 Å². The number of aryl methyl sites for hydroxylation is 1. The number of aliphatic carboxylic acids is 1. The highest BCUT2D eigenvalue weighted by atomic mass is 16.6. The fraction of sp³-hybridized carbons (Fsp3) is 0.400. The number of nitrogens with zero attached hydrogens (tertiary/aromatic N) is 2. The minimum atomic E-state index is -1.16. The molecular formula is C10H13N3O4. The summed E-state index contributed by atoms with van der Waals surface area (Å²) in [6, 6.07) is -1.11. The Kier molecular flexibility index (Phi) is 3.74. The number of nitrogens with two attached hydrogens (primary N) is 1. The molecule has 0 aliphatic heterocycles. The molecule has 0 aliphatic rings. The van der Waals surface area contributed by atoms with Gasteiger partial charge in [-0.2, -0.15) is 0 Å². The number of carbonyl (C=O) groups is 1. The van der Waals surface area contributed by atoms with Crippen LogP contribution in [0.5, 0.6) is 0 Å². The first kappa shape index (κ1) is 13.0. The molecule has 0 saturated carbocycles. The fourth-order valence-electron chi connectivity index (χ4n) is 1.55. The number of rotatable bonds is 4. The van der Waals surface area contributed by atoms with Gasteiger partial charge in [0.15, 0.2) is 0 Å². The van der Waals surface area contributed by atoms with E-state index in [4.69, 9.17) is 10.8 Å². The van der Waals surface area contributed by atoms with Crippen molar-refractivity contribution in [3.63, 3.8) is 0 Å². The zero-order valence-corrected chi connectivity index (χ0v) is 9.51. The van der Waals surface area contributed by atoms with Gasteiger partial charge in [0.25, 0.3) is 5.69 Å². The van der Waals surface area contributed by atoms with Gasteiger partial charge in [0.2, 0.25) is 0 Å². The van der Waals surface area contributed by atoms with Gasteiger partial charge in [0.05, 0.1) is 10.6 Å². The van der Waals surface area contributed by atoms with Crippen LogP contribution in [0.4, 0.5) is 5.69 Å². The summed E-state index contributed by atoms with van der Waals surface area (Å²) in [6.45, 7) is 3.13. The van der Waals surface area contributed by atoms with Gasteiger partial charge in [-0.25, -0.2) is 0 Å². The van der Waals surface area contributed by atoms with Crippen molar-refractivity contribution in [2.45, 2.75) is 26.3 Å². The van der Waals surface area contributed by atoms with Crippen LogP contribution < -0.4 is 5.73 Å². The van der Waals surface area contributed by atoms with Crippen LogP contribution in [-0.2, 0) is 11.2 Å². The summed E-state index contributed by atoms with van der Waals surface area (Å²) in [5.41, 5.74) is 6.49. The average molecular weight is 239 g/mol. The van der Waals surface area contributed by atoms with Gasteiger partial charge < -0.3 is 10.8 Å². The number of hydrogen-bond acceptors (Lipinski definition) is 5. The van der Waals surface area contributed by atoms with E-state index in [1.807, 2.05) is 0 Å². The molecular weight excluding hydrogens is 226 g/mol. The Labute approximate surface area is 97.4 Å². The second-order valence-corrected chi connectivity index (χ2v) is 3.77. The molecule has 1 atom stereocenters. The van der Waals surface area contributed by atoms with E-state index >= 15 is 0 Å². The van der Waals surface area contributed by atoms with Gasteiger partial charge >= 0.3 is 5.97 Å². The van der Waals surface area contributed by atoms with Crippen molar-refractivity contribution in [3.05, 3.63) is 33.1 Å². The molecule has 0 radical (unpaired) electrons. The van der Waals surface area contributed by atoms with Gasteiger partial charge in [0.1, 0.15) is 6.04 Å². The predicted octanol–water partition coefficient (Wildman–Crippen LogP) is 0.561. The molecule has 7 nitrogen and oxygen atoms in total. The van der Waals surface area contributed by atoms with Crippen molar-refractivity contribution in [3.8, 4) is 0 Å². The van der Waals surface area contributed by atoms with Crippen molar-refractivity contribution in [1.29, 1.82) is 0 Å². The molecule has 1 heterocycles. The Balaban J connectivity index is 3.15. The summed E-state index contributed by atoms with van der Waals surface area (Å²) in [5, 5.41) is 19.5. The van der Waals surface area contributed by atoms with E-state index in [2.05, 4.69) is 4.98 Å². The fourth-order valence-corrected chi connectivity index (χ4v) is 1.55. The molecule has 0 amide bonds. The van der Waals surface area contributed by atoms with Crippen LogP contribution in [0, 0.1) is 24.0 Å². The summed E-state index contributed by atoms with van der Waals surface area (Å²) < 4.78 is 0. The molecule has 0 saturated heterocycles. The molecule has 1 aromatic rings. The van der Waals surface area contributed by atoms with E-state index in [-0.39, 0.29) is 12.1 Å². The Morgan fingerprint density at radius 3 is 2.71 bits per heavy atom. The monoisotopic (exact) mass is 239 g/mol. The zero-order chi connectivity index (χ0) is 13.2. The molecule has 0 spiro atoms. The first-order valence-corrected chi connectivity index (χ1v) is 4.92. The highest BCUT2D eigenvalue weighted by Crippen LogP contribution is 2.24. The lowest BCUT2D eigenvalue weighted by Gasteiger charge is -2.09. The molecule has 0 bridgehead atoms. The predicted molar refractivity (Wildman–Crippen MR) is 59.7 cm³/mol. The molecule has 0 fully saturated rings. The Bertz CT molecular complexity index is 473. The highest BCUT2D eigenvalue weighted by Gasteiger charge is 2.21. The molecule has 0 aliphatic carbocycles. The maximum atomic E-state index is 10.8. The van der Waals surface area contributed by atoms with E-state index < -0.39 is 16.9 Å². The quantitative estimate of drug-likeness (QED) is 0.585. The minimum Gasteiger partial charge on any atom is -0.480 e. The molecule has 3 N–H and O–H groups in total. The van der Waals surface area contributed by atoms with Crippen molar-refractivity contribution in [1.82, 2.24) is 4.98 Å². The van der Waals surface area contributed by atoms with Crippen LogP contribution in [0.15, 0.2) is 6.20 Å². The SMILES string of the molecule is Cc1cnc(C[C@H](N)C(=O)O)c(C)c1[N+](=O)[O-]. The van der Waals surface area contributed by atoms with Gasteiger partial charge in [-0.15, -0.1) is 0 Å². The summed E-state index contributed by atoms with van der Waals surface area (Å²) >= 11 is 0. The molecule has 1 aromatic heterocycles. The first-order valence-electron chi connectivity index (χ1n) is 4.92. The van der Waals surface area contributed by atoms with Crippen LogP contribution in [0.25, 0.3) is 0 Å². The molecule has 7 heteroatoms. The van der Waals surface area contributed by atoms with E-state index in [1.54, 1.807) is 13.8 Å². The Hall–Kier alpha value is -2.02. The number of carboxylic acid groups (broad SMARTS) is 1. The second-order valence-electron chi connectivity index (χ2n) is 3.77. The van der Waals surface area contributed by atoms with E-state index in [0.29, 0.717) is 16.8 Å². The lowest BCUT2D eigenvalue weighted by molar-refractivity contribution is -0.386. The Morgan fingerprint density at radius 1 is 1.65 bits per heavy atom. The molecule has 0 aromatic carbocycles. The van der Waals surface area contributed by atoms with Crippen molar-refractivity contribution < 1.29 is 14.8 Å². The van der Waals surface area contributed by atoms with Crippen LogP contribution in [0.3, 0.4) is 0 Å². The third-order valence-corrected chi connectivity index (χ3v) is 2.49. The van der Waals surface area contributed by atoms with Gasteiger partial charge in [-0.3, -0.25) is 19.9 Å². The number of aromatic nitrogens is 1. The number of pyridine rings is 1. The van der Waals surface area contributed by atoms with Crippen LogP contribution >= 0.6 is 0 Å². The topological polar surface area (TPSA) is 119 Å². The van der Waals surface area contributed by atoms with E-state index in [0.717, 1.165) is 0 Å². The largest absolute Gasteiger partial charge is 0.480 e. The van der Waals surface area contributed by atoms with Gasteiger partial charge in [0, 0.05) is 23.7 Å². The normalized spacial score (nSPS) is 12.2.